The molecule has 2 aliphatic heterocycles. The summed E-state index contributed by atoms with van der Waals surface area (Å²) in [4.78, 5) is 40.5. The van der Waals surface area contributed by atoms with Gasteiger partial charge >= 0.3 is 0 Å². The van der Waals surface area contributed by atoms with Crippen LogP contribution in [0, 0.1) is 5.92 Å². The average Bonchev–Trinajstić information content (AvgIpc) is 2.83. The van der Waals surface area contributed by atoms with Crippen LogP contribution in [0.25, 0.3) is 6.08 Å². The van der Waals surface area contributed by atoms with Crippen molar-refractivity contribution in [1.82, 2.24) is 10.2 Å². The van der Waals surface area contributed by atoms with E-state index in [1.807, 2.05) is 47.4 Å². The van der Waals surface area contributed by atoms with E-state index in [0.717, 1.165) is 11.3 Å². The van der Waals surface area contributed by atoms with Crippen LogP contribution < -0.4 is 15.5 Å². The number of amides is 3. The van der Waals surface area contributed by atoms with Gasteiger partial charge in [-0.15, -0.1) is 0 Å². The maximum Gasteiger partial charge on any atom is 0.246 e. The Balaban J connectivity index is 1.28. The Kier molecular flexibility index (Phi) is 7.29. The molecular weight excluding hydrogens is 440 g/mol. The van der Waals surface area contributed by atoms with Gasteiger partial charge in [0.05, 0.1) is 17.3 Å². The first kappa shape index (κ1) is 22.9. The molecule has 2 saturated heterocycles. The van der Waals surface area contributed by atoms with Gasteiger partial charge in [-0.25, -0.2) is 0 Å². The predicted octanol–water partition coefficient (Wildman–Crippen LogP) is 3.17. The number of likely N-dealkylation sites (tertiary alicyclic amines) is 1. The third-order valence-corrected chi connectivity index (χ3v) is 6.29. The van der Waals surface area contributed by atoms with Crippen LogP contribution in [-0.2, 0) is 14.4 Å². The Morgan fingerprint density at radius 3 is 2.52 bits per heavy atom. The van der Waals surface area contributed by atoms with Gasteiger partial charge in [-0.2, -0.15) is 0 Å². The van der Waals surface area contributed by atoms with Gasteiger partial charge in [-0.1, -0.05) is 41.9 Å². The zero-order valence-corrected chi connectivity index (χ0v) is 19.1. The van der Waals surface area contributed by atoms with Gasteiger partial charge in [0.15, 0.2) is 0 Å². The highest BCUT2D eigenvalue weighted by Crippen LogP contribution is 2.30. The first-order chi connectivity index (χ1) is 16.0. The molecular formula is C25H27ClN4O3. The van der Waals surface area contributed by atoms with Gasteiger partial charge in [0, 0.05) is 43.9 Å². The van der Waals surface area contributed by atoms with Crippen LogP contribution in [0.5, 0.6) is 0 Å². The van der Waals surface area contributed by atoms with Gasteiger partial charge in [0.25, 0.3) is 0 Å². The number of benzene rings is 2. The van der Waals surface area contributed by atoms with E-state index in [0.29, 0.717) is 49.7 Å². The Hall–Kier alpha value is -3.32. The number of halogens is 1. The smallest absolute Gasteiger partial charge is 0.246 e. The number of carbonyl (C=O) groups is 3. The predicted molar refractivity (Wildman–Crippen MR) is 130 cm³/mol. The second-order valence-electron chi connectivity index (χ2n) is 8.27. The van der Waals surface area contributed by atoms with Crippen molar-refractivity contribution in [3.8, 4) is 0 Å². The van der Waals surface area contributed by atoms with Crippen molar-refractivity contribution >= 4 is 46.8 Å². The zero-order valence-electron chi connectivity index (χ0n) is 18.3. The molecule has 0 radical (unpaired) electrons. The van der Waals surface area contributed by atoms with E-state index >= 15 is 0 Å². The Morgan fingerprint density at radius 2 is 1.82 bits per heavy atom. The molecule has 172 valence electrons. The lowest BCUT2D eigenvalue weighted by atomic mass is 9.95. The van der Waals surface area contributed by atoms with Crippen molar-refractivity contribution < 1.29 is 14.4 Å². The summed E-state index contributed by atoms with van der Waals surface area (Å²) in [6.07, 6.45) is 4.63. The molecule has 2 aromatic carbocycles. The van der Waals surface area contributed by atoms with Crippen molar-refractivity contribution in [2.24, 2.45) is 5.92 Å². The molecule has 0 bridgehead atoms. The fraction of sp³-hybridized carbons (Fsp3) is 0.320. The monoisotopic (exact) mass is 466 g/mol. The van der Waals surface area contributed by atoms with Gasteiger partial charge < -0.3 is 20.4 Å². The minimum absolute atomic E-state index is 0.0323. The SMILES string of the molecule is O=C1CN(c2ccc(NC(=O)C3CCN(C(=O)/C=C/c4ccccc4)CC3)cc2Cl)CCN1. The number of hydrogen-bond acceptors (Lipinski definition) is 4. The van der Waals surface area contributed by atoms with Crippen molar-refractivity contribution in [2.75, 3.05) is 42.9 Å². The molecule has 2 aliphatic rings. The second-order valence-corrected chi connectivity index (χ2v) is 8.68. The number of anilines is 2. The molecule has 0 aliphatic carbocycles. The molecule has 0 unspecified atom stereocenters. The standard InChI is InChI=1S/C25H27ClN4O3/c26-21-16-20(7-8-22(21)30-15-12-27-23(31)17-30)28-25(33)19-10-13-29(14-11-19)24(32)9-6-18-4-2-1-3-5-18/h1-9,16,19H,10-15,17H2,(H,27,31)(H,28,33)/b9-6+. The zero-order chi connectivity index (χ0) is 23.2. The third-order valence-electron chi connectivity index (χ3n) is 5.99. The van der Waals surface area contributed by atoms with Crippen LogP contribution >= 0.6 is 11.6 Å². The highest BCUT2D eigenvalue weighted by atomic mass is 35.5. The number of hydrogen-bond donors (Lipinski definition) is 2. The van der Waals surface area contributed by atoms with Crippen molar-refractivity contribution in [2.45, 2.75) is 12.8 Å². The molecule has 2 fully saturated rings. The van der Waals surface area contributed by atoms with E-state index in [1.54, 1.807) is 23.1 Å². The summed E-state index contributed by atoms with van der Waals surface area (Å²) in [5, 5.41) is 6.23. The molecule has 33 heavy (non-hydrogen) atoms. The second kappa shape index (κ2) is 10.5. The molecule has 0 saturated carbocycles. The highest BCUT2D eigenvalue weighted by molar-refractivity contribution is 6.33. The van der Waals surface area contributed by atoms with Crippen molar-refractivity contribution in [3.05, 3.63) is 65.2 Å². The largest absolute Gasteiger partial charge is 0.359 e. The van der Waals surface area contributed by atoms with Gasteiger partial charge in [0.1, 0.15) is 0 Å². The Morgan fingerprint density at radius 1 is 1.06 bits per heavy atom. The maximum absolute atomic E-state index is 12.8. The van der Waals surface area contributed by atoms with Gasteiger partial charge in [-0.3, -0.25) is 14.4 Å². The van der Waals surface area contributed by atoms with E-state index in [2.05, 4.69) is 10.6 Å². The van der Waals surface area contributed by atoms with E-state index < -0.39 is 0 Å². The molecule has 2 aromatic rings. The Bertz CT molecular complexity index is 1050. The van der Waals surface area contributed by atoms with Crippen LogP contribution in [-0.4, -0.2) is 55.3 Å². The van der Waals surface area contributed by atoms with E-state index in [-0.39, 0.29) is 30.2 Å². The summed E-state index contributed by atoms with van der Waals surface area (Å²) in [7, 11) is 0. The quantitative estimate of drug-likeness (QED) is 0.663. The summed E-state index contributed by atoms with van der Waals surface area (Å²) in [5.41, 5.74) is 2.38. The minimum Gasteiger partial charge on any atom is -0.359 e. The van der Waals surface area contributed by atoms with Crippen molar-refractivity contribution in [1.29, 1.82) is 0 Å². The molecule has 3 amide bonds. The molecule has 2 heterocycles. The van der Waals surface area contributed by atoms with Crippen molar-refractivity contribution in [3.63, 3.8) is 0 Å². The summed E-state index contributed by atoms with van der Waals surface area (Å²) in [6, 6.07) is 15.0. The van der Waals surface area contributed by atoms with Gasteiger partial charge in [0.2, 0.25) is 17.7 Å². The molecule has 2 N–H and O–H groups in total. The maximum atomic E-state index is 12.8. The Labute approximate surface area is 198 Å². The molecule has 0 aromatic heterocycles. The number of nitrogens with zero attached hydrogens (tertiary/aromatic N) is 2. The summed E-state index contributed by atoms with van der Waals surface area (Å²) in [6.45, 7) is 2.63. The van der Waals surface area contributed by atoms with Crippen LogP contribution in [0.4, 0.5) is 11.4 Å². The van der Waals surface area contributed by atoms with E-state index in [4.69, 9.17) is 11.6 Å². The lowest BCUT2D eigenvalue weighted by Crippen LogP contribution is -2.47. The number of carbonyl (C=O) groups excluding carboxylic acids is 3. The summed E-state index contributed by atoms with van der Waals surface area (Å²) in [5.74, 6) is -0.291. The number of piperidine rings is 1. The summed E-state index contributed by atoms with van der Waals surface area (Å²) < 4.78 is 0. The van der Waals surface area contributed by atoms with E-state index in [9.17, 15) is 14.4 Å². The first-order valence-corrected chi connectivity index (χ1v) is 11.5. The van der Waals surface area contributed by atoms with Gasteiger partial charge in [-0.05, 0) is 42.7 Å². The van der Waals surface area contributed by atoms with E-state index in [1.165, 1.54) is 0 Å². The topological polar surface area (TPSA) is 81.8 Å². The number of rotatable bonds is 5. The average molecular weight is 467 g/mol. The highest BCUT2D eigenvalue weighted by Gasteiger charge is 2.27. The third kappa shape index (κ3) is 5.93. The minimum atomic E-state index is -0.156. The molecule has 8 heteroatoms. The molecule has 4 rings (SSSR count). The lowest BCUT2D eigenvalue weighted by Gasteiger charge is -2.31. The van der Waals surface area contributed by atoms with Crippen LogP contribution in [0.2, 0.25) is 5.02 Å². The molecule has 0 spiro atoms. The number of nitrogens with one attached hydrogen (secondary N) is 2. The first-order valence-electron chi connectivity index (χ1n) is 11.1. The molecule has 0 atom stereocenters. The lowest BCUT2D eigenvalue weighted by molar-refractivity contribution is -0.130. The van der Waals surface area contributed by atoms with Crippen LogP contribution in [0.3, 0.4) is 0 Å². The summed E-state index contributed by atoms with van der Waals surface area (Å²) >= 11 is 6.43. The van der Waals surface area contributed by atoms with Crippen LogP contribution in [0.1, 0.15) is 18.4 Å². The fourth-order valence-corrected chi connectivity index (χ4v) is 4.43. The number of piperazine rings is 1. The normalized spacial score (nSPS) is 17.2. The molecule has 7 nitrogen and oxygen atoms in total. The van der Waals surface area contributed by atoms with Crippen LogP contribution in [0.15, 0.2) is 54.6 Å². The fourth-order valence-electron chi connectivity index (χ4n) is 4.13.